The van der Waals surface area contributed by atoms with E-state index in [-0.39, 0.29) is 12.4 Å². The van der Waals surface area contributed by atoms with E-state index in [1.165, 1.54) is 11.1 Å². The van der Waals surface area contributed by atoms with Crippen molar-refractivity contribution < 1.29 is 22.9 Å². The van der Waals surface area contributed by atoms with Crippen LogP contribution in [-0.2, 0) is 0 Å². The van der Waals surface area contributed by atoms with Crippen LogP contribution in [0, 0.1) is 0 Å². The number of rotatable bonds is 4. The van der Waals surface area contributed by atoms with Crippen molar-refractivity contribution in [2.75, 3.05) is 6.61 Å². The van der Waals surface area contributed by atoms with Gasteiger partial charge in [0, 0.05) is 0 Å². The first kappa shape index (κ1) is 14.6. The molecule has 18 heavy (non-hydrogen) atoms. The van der Waals surface area contributed by atoms with E-state index in [9.17, 15) is 0 Å². The van der Waals surface area contributed by atoms with Gasteiger partial charge in [-0.15, -0.1) is 0 Å². The quantitative estimate of drug-likeness (QED) is 0.783. The van der Waals surface area contributed by atoms with Gasteiger partial charge in [0.1, 0.15) is 18.4 Å². The first-order valence-electron chi connectivity index (χ1n) is 5.87. The van der Waals surface area contributed by atoms with Crippen LogP contribution in [0.5, 0.6) is 5.75 Å². The summed E-state index contributed by atoms with van der Waals surface area (Å²) in [5.41, 5.74) is 6.33. The molecule has 2 aromatic rings. The maximum absolute atomic E-state index is 5.60. The molecule has 0 amide bonds. The van der Waals surface area contributed by atoms with E-state index >= 15 is 0 Å². The molecule has 2 aromatic carbocycles. The Morgan fingerprint density at radius 3 is 2.06 bits per heavy atom. The lowest BCUT2D eigenvalue weighted by Crippen LogP contribution is -3.00. The lowest BCUT2D eigenvalue weighted by Gasteiger charge is -2.07. The van der Waals surface area contributed by atoms with E-state index in [1.807, 2.05) is 37.3 Å². The van der Waals surface area contributed by atoms with Crippen molar-refractivity contribution in [1.29, 1.82) is 0 Å². The summed E-state index contributed by atoms with van der Waals surface area (Å²) < 4.78 is 5.60. The third kappa shape index (κ3) is 4.06. The molecule has 0 aliphatic rings. The van der Waals surface area contributed by atoms with Gasteiger partial charge in [-0.3, -0.25) is 0 Å². The molecule has 0 bridgehead atoms. The van der Waals surface area contributed by atoms with E-state index in [2.05, 4.69) is 30.0 Å². The standard InChI is InChI=1S/C15H17NO.ClH/c1-12(16)11-17-15-9-7-14(8-10-15)13-5-3-2-4-6-13;/h2-10,12H,11,16H2,1H3;1H. The van der Waals surface area contributed by atoms with E-state index in [0.717, 1.165) is 5.75 Å². The third-order valence-electron chi connectivity index (χ3n) is 2.50. The molecular weight excluding hydrogens is 246 g/mol. The van der Waals surface area contributed by atoms with Crippen molar-refractivity contribution in [3.8, 4) is 16.9 Å². The van der Waals surface area contributed by atoms with E-state index in [1.54, 1.807) is 0 Å². The fraction of sp³-hybridized carbons (Fsp3) is 0.200. The monoisotopic (exact) mass is 263 g/mol. The molecule has 1 atom stereocenters. The van der Waals surface area contributed by atoms with Gasteiger partial charge in [-0.05, 0) is 30.2 Å². The molecule has 96 valence electrons. The van der Waals surface area contributed by atoms with Crippen LogP contribution in [0.15, 0.2) is 54.6 Å². The van der Waals surface area contributed by atoms with Crippen LogP contribution >= 0.6 is 0 Å². The molecule has 2 rings (SSSR count). The molecule has 3 heteroatoms. The number of hydrogen-bond donors (Lipinski definition) is 1. The Kier molecular flexibility index (Phi) is 5.69. The summed E-state index contributed by atoms with van der Waals surface area (Å²) in [5.74, 6) is 0.903. The molecule has 0 fully saturated rings. The first-order chi connectivity index (χ1) is 8.25. The Balaban J connectivity index is 0.00000162. The fourth-order valence-corrected chi connectivity index (χ4v) is 1.61. The van der Waals surface area contributed by atoms with Crippen LogP contribution in [0.1, 0.15) is 6.92 Å². The SMILES string of the molecule is CC([NH3+])COc1ccc(-c2ccccc2)cc1.[Cl-]. The van der Waals surface area contributed by atoms with Crippen molar-refractivity contribution in [2.45, 2.75) is 13.0 Å². The van der Waals surface area contributed by atoms with Gasteiger partial charge in [0.05, 0.1) is 0 Å². The number of ether oxygens (including phenoxy) is 1. The number of quaternary nitrogens is 1. The first-order valence-corrected chi connectivity index (χ1v) is 5.87. The molecule has 0 heterocycles. The van der Waals surface area contributed by atoms with Crippen LogP contribution in [0.25, 0.3) is 11.1 Å². The highest BCUT2D eigenvalue weighted by Crippen LogP contribution is 2.21. The Labute approximate surface area is 114 Å². The van der Waals surface area contributed by atoms with Crippen molar-refractivity contribution >= 4 is 0 Å². The van der Waals surface area contributed by atoms with Gasteiger partial charge in [0.15, 0.2) is 0 Å². The van der Waals surface area contributed by atoms with Gasteiger partial charge >= 0.3 is 0 Å². The second kappa shape index (κ2) is 7.04. The summed E-state index contributed by atoms with van der Waals surface area (Å²) in [7, 11) is 0. The van der Waals surface area contributed by atoms with E-state index < -0.39 is 0 Å². The molecule has 0 saturated carbocycles. The molecule has 0 saturated heterocycles. The minimum atomic E-state index is 0. The Hall–Kier alpha value is -1.51. The largest absolute Gasteiger partial charge is 1.00 e. The second-order valence-corrected chi connectivity index (χ2v) is 4.31. The summed E-state index contributed by atoms with van der Waals surface area (Å²) in [4.78, 5) is 0. The number of halogens is 1. The average Bonchev–Trinajstić information content (AvgIpc) is 2.38. The highest BCUT2D eigenvalue weighted by atomic mass is 35.5. The van der Waals surface area contributed by atoms with Gasteiger partial charge in [0.2, 0.25) is 0 Å². The van der Waals surface area contributed by atoms with Crippen LogP contribution in [0.4, 0.5) is 0 Å². The lowest BCUT2D eigenvalue weighted by atomic mass is 10.1. The van der Waals surface area contributed by atoms with Crippen LogP contribution < -0.4 is 22.9 Å². The zero-order chi connectivity index (χ0) is 12.1. The molecule has 1 unspecified atom stereocenters. The maximum atomic E-state index is 5.60. The van der Waals surface area contributed by atoms with Crippen LogP contribution in [0.3, 0.4) is 0 Å². The van der Waals surface area contributed by atoms with Crippen molar-refractivity contribution in [3.05, 3.63) is 54.6 Å². The molecular formula is C15H18ClNO. The molecule has 2 nitrogen and oxygen atoms in total. The zero-order valence-electron chi connectivity index (χ0n) is 10.5. The normalized spacial score (nSPS) is 11.4. The summed E-state index contributed by atoms with van der Waals surface area (Å²) in [6.45, 7) is 2.70. The summed E-state index contributed by atoms with van der Waals surface area (Å²) in [6, 6.07) is 18.8. The molecule has 3 N–H and O–H groups in total. The Morgan fingerprint density at radius 2 is 1.50 bits per heavy atom. The van der Waals surface area contributed by atoms with Gasteiger partial charge in [0.25, 0.3) is 0 Å². The fourth-order valence-electron chi connectivity index (χ4n) is 1.61. The predicted octanol–water partition coefficient (Wildman–Crippen LogP) is -0.633. The van der Waals surface area contributed by atoms with Gasteiger partial charge in [-0.25, -0.2) is 0 Å². The zero-order valence-corrected chi connectivity index (χ0v) is 11.2. The van der Waals surface area contributed by atoms with Crippen molar-refractivity contribution in [1.82, 2.24) is 0 Å². The van der Waals surface area contributed by atoms with E-state index in [4.69, 9.17) is 4.74 Å². The van der Waals surface area contributed by atoms with Gasteiger partial charge < -0.3 is 22.9 Å². The molecule has 0 aliphatic carbocycles. The Bertz CT molecular complexity index is 454. The molecule has 0 radical (unpaired) electrons. The Morgan fingerprint density at radius 1 is 0.944 bits per heavy atom. The van der Waals surface area contributed by atoms with Gasteiger partial charge in [-0.2, -0.15) is 0 Å². The minimum absolute atomic E-state index is 0. The summed E-state index contributed by atoms with van der Waals surface area (Å²) in [6.07, 6.45) is 0. The molecule has 0 aliphatic heterocycles. The van der Waals surface area contributed by atoms with E-state index in [0.29, 0.717) is 12.6 Å². The van der Waals surface area contributed by atoms with Crippen LogP contribution in [0.2, 0.25) is 0 Å². The number of benzene rings is 2. The second-order valence-electron chi connectivity index (χ2n) is 4.31. The van der Waals surface area contributed by atoms with Crippen molar-refractivity contribution in [2.24, 2.45) is 0 Å². The minimum Gasteiger partial charge on any atom is -1.00 e. The highest BCUT2D eigenvalue weighted by Gasteiger charge is 2.00. The highest BCUT2D eigenvalue weighted by molar-refractivity contribution is 5.63. The van der Waals surface area contributed by atoms with Crippen LogP contribution in [-0.4, -0.2) is 12.6 Å². The number of hydrogen-bond acceptors (Lipinski definition) is 1. The topological polar surface area (TPSA) is 36.9 Å². The lowest BCUT2D eigenvalue weighted by molar-refractivity contribution is -0.417. The average molecular weight is 264 g/mol. The maximum Gasteiger partial charge on any atom is 0.139 e. The summed E-state index contributed by atoms with van der Waals surface area (Å²) >= 11 is 0. The molecule has 0 aromatic heterocycles. The predicted molar refractivity (Wildman–Crippen MR) is 69.7 cm³/mol. The molecule has 0 spiro atoms. The van der Waals surface area contributed by atoms with Crippen molar-refractivity contribution in [3.63, 3.8) is 0 Å². The smallest absolute Gasteiger partial charge is 0.139 e. The summed E-state index contributed by atoms with van der Waals surface area (Å²) in [5, 5.41) is 0. The van der Waals surface area contributed by atoms with Gasteiger partial charge in [-0.1, -0.05) is 42.5 Å². The third-order valence-corrected chi connectivity index (χ3v) is 2.50.